The number of carboxylic acids is 1. The van der Waals surface area contributed by atoms with Crippen molar-refractivity contribution in [3.05, 3.63) is 0 Å². The average molecular weight is 203 g/mol. The van der Waals surface area contributed by atoms with Crippen molar-refractivity contribution in [2.45, 2.75) is 19.8 Å². The number of amides is 1. The molecule has 0 spiro atoms. The maximum Gasteiger partial charge on any atom is 0.308 e. The summed E-state index contributed by atoms with van der Waals surface area (Å²) in [6, 6.07) is 0. The SMILES string of the molecule is CCC(CNC(=O)CCOC)C(=O)O. The van der Waals surface area contributed by atoms with Crippen LogP contribution in [0.1, 0.15) is 19.8 Å². The molecule has 0 fully saturated rings. The molecule has 0 saturated heterocycles. The first-order chi connectivity index (χ1) is 6.61. The van der Waals surface area contributed by atoms with E-state index in [0.29, 0.717) is 13.0 Å². The Bertz CT molecular complexity index is 193. The summed E-state index contributed by atoms with van der Waals surface area (Å²) in [6.45, 7) is 2.32. The van der Waals surface area contributed by atoms with Crippen LogP contribution < -0.4 is 5.32 Å². The zero-order chi connectivity index (χ0) is 11.0. The van der Waals surface area contributed by atoms with Crippen molar-refractivity contribution < 1.29 is 19.4 Å². The number of ether oxygens (including phenoxy) is 1. The van der Waals surface area contributed by atoms with Crippen molar-refractivity contribution in [2.75, 3.05) is 20.3 Å². The number of hydrogen-bond donors (Lipinski definition) is 2. The highest BCUT2D eigenvalue weighted by atomic mass is 16.5. The third-order valence-corrected chi connectivity index (χ3v) is 1.92. The van der Waals surface area contributed by atoms with Crippen molar-refractivity contribution in [2.24, 2.45) is 5.92 Å². The quantitative estimate of drug-likeness (QED) is 0.622. The molecule has 1 amide bonds. The van der Waals surface area contributed by atoms with Gasteiger partial charge in [0.2, 0.25) is 5.91 Å². The van der Waals surface area contributed by atoms with Gasteiger partial charge in [-0.1, -0.05) is 6.92 Å². The second-order valence-electron chi connectivity index (χ2n) is 2.99. The standard InChI is InChI=1S/C9H17NO4/c1-3-7(9(12)13)6-10-8(11)4-5-14-2/h7H,3-6H2,1-2H3,(H,10,11)(H,12,13). The van der Waals surface area contributed by atoms with E-state index in [1.165, 1.54) is 7.11 Å². The maximum absolute atomic E-state index is 11.1. The van der Waals surface area contributed by atoms with E-state index in [2.05, 4.69) is 5.32 Å². The summed E-state index contributed by atoms with van der Waals surface area (Å²) in [4.78, 5) is 21.6. The van der Waals surface area contributed by atoms with Gasteiger partial charge < -0.3 is 15.2 Å². The molecule has 0 aliphatic heterocycles. The Morgan fingerprint density at radius 2 is 2.14 bits per heavy atom. The summed E-state index contributed by atoms with van der Waals surface area (Å²) >= 11 is 0. The predicted octanol–water partition coefficient (Wildman–Crippen LogP) is 0.250. The van der Waals surface area contributed by atoms with Crippen molar-refractivity contribution in [1.82, 2.24) is 5.32 Å². The Balaban J connectivity index is 3.68. The molecule has 0 rings (SSSR count). The van der Waals surface area contributed by atoms with Crippen molar-refractivity contribution in [3.63, 3.8) is 0 Å². The maximum atomic E-state index is 11.1. The van der Waals surface area contributed by atoms with Crippen LogP contribution in [0.2, 0.25) is 0 Å². The largest absolute Gasteiger partial charge is 0.481 e. The fraction of sp³-hybridized carbons (Fsp3) is 0.778. The van der Waals surface area contributed by atoms with Gasteiger partial charge in [0.05, 0.1) is 12.5 Å². The van der Waals surface area contributed by atoms with Gasteiger partial charge in [-0.2, -0.15) is 0 Å². The number of nitrogens with one attached hydrogen (secondary N) is 1. The Kier molecular flexibility index (Phi) is 6.74. The molecule has 1 atom stereocenters. The van der Waals surface area contributed by atoms with Gasteiger partial charge in [-0.25, -0.2) is 0 Å². The van der Waals surface area contributed by atoms with E-state index in [-0.39, 0.29) is 18.9 Å². The smallest absolute Gasteiger partial charge is 0.308 e. The summed E-state index contributed by atoms with van der Waals surface area (Å²) in [7, 11) is 1.51. The van der Waals surface area contributed by atoms with Crippen LogP contribution in [0, 0.1) is 5.92 Å². The molecule has 1 unspecified atom stereocenters. The Hall–Kier alpha value is -1.10. The Morgan fingerprint density at radius 1 is 1.50 bits per heavy atom. The predicted molar refractivity (Wildman–Crippen MR) is 50.9 cm³/mol. The summed E-state index contributed by atoms with van der Waals surface area (Å²) in [5.74, 6) is -1.55. The summed E-state index contributed by atoms with van der Waals surface area (Å²) in [5, 5.41) is 11.2. The number of carbonyl (C=O) groups is 2. The first-order valence-corrected chi connectivity index (χ1v) is 4.60. The molecule has 0 aromatic rings. The van der Waals surface area contributed by atoms with Gasteiger partial charge in [-0.05, 0) is 6.42 Å². The van der Waals surface area contributed by atoms with Gasteiger partial charge >= 0.3 is 5.97 Å². The molecule has 82 valence electrons. The van der Waals surface area contributed by atoms with Crippen LogP contribution in [0.25, 0.3) is 0 Å². The number of aliphatic carboxylic acids is 1. The molecule has 0 heterocycles. The molecule has 0 radical (unpaired) electrons. The zero-order valence-electron chi connectivity index (χ0n) is 8.58. The minimum atomic E-state index is -0.875. The van der Waals surface area contributed by atoms with E-state index in [9.17, 15) is 9.59 Å². The molecule has 0 aliphatic rings. The molecular formula is C9H17NO4. The highest BCUT2D eigenvalue weighted by Gasteiger charge is 2.15. The summed E-state index contributed by atoms with van der Waals surface area (Å²) in [6.07, 6.45) is 0.784. The molecule has 0 aromatic carbocycles. The number of methoxy groups -OCH3 is 1. The van der Waals surface area contributed by atoms with Crippen LogP contribution in [0.5, 0.6) is 0 Å². The third-order valence-electron chi connectivity index (χ3n) is 1.92. The topological polar surface area (TPSA) is 75.6 Å². The van der Waals surface area contributed by atoms with E-state index in [1.54, 1.807) is 6.92 Å². The van der Waals surface area contributed by atoms with E-state index in [1.807, 2.05) is 0 Å². The van der Waals surface area contributed by atoms with Crippen LogP contribution in [-0.2, 0) is 14.3 Å². The second kappa shape index (κ2) is 7.32. The zero-order valence-corrected chi connectivity index (χ0v) is 8.58. The second-order valence-corrected chi connectivity index (χ2v) is 2.99. The lowest BCUT2D eigenvalue weighted by Gasteiger charge is -2.10. The molecule has 0 saturated carbocycles. The molecule has 0 bridgehead atoms. The van der Waals surface area contributed by atoms with Gasteiger partial charge in [0, 0.05) is 20.1 Å². The average Bonchev–Trinajstić information content (AvgIpc) is 2.15. The molecular weight excluding hydrogens is 186 g/mol. The molecule has 14 heavy (non-hydrogen) atoms. The normalized spacial score (nSPS) is 12.1. The Labute approximate surface area is 83.4 Å². The fourth-order valence-corrected chi connectivity index (χ4v) is 0.926. The first kappa shape index (κ1) is 12.9. The summed E-state index contributed by atoms with van der Waals surface area (Å²) < 4.78 is 4.72. The van der Waals surface area contributed by atoms with Gasteiger partial charge in [0.15, 0.2) is 0 Å². The molecule has 0 aromatic heterocycles. The van der Waals surface area contributed by atoms with Crippen molar-refractivity contribution >= 4 is 11.9 Å². The number of carboxylic acid groups (broad SMARTS) is 1. The lowest BCUT2D eigenvalue weighted by atomic mass is 10.1. The number of rotatable bonds is 7. The van der Waals surface area contributed by atoms with Crippen LogP contribution in [0.15, 0.2) is 0 Å². The lowest BCUT2D eigenvalue weighted by molar-refractivity contribution is -0.141. The summed E-state index contributed by atoms with van der Waals surface area (Å²) in [5.41, 5.74) is 0. The minimum absolute atomic E-state index is 0.174. The minimum Gasteiger partial charge on any atom is -0.481 e. The molecule has 2 N–H and O–H groups in total. The Morgan fingerprint density at radius 3 is 2.57 bits per heavy atom. The van der Waals surface area contributed by atoms with Crippen LogP contribution in [-0.4, -0.2) is 37.2 Å². The molecule has 0 aliphatic carbocycles. The van der Waals surface area contributed by atoms with E-state index in [0.717, 1.165) is 0 Å². The van der Waals surface area contributed by atoms with E-state index in [4.69, 9.17) is 9.84 Å². The van der Waals surface area contributed by atoms with Gasteiger partial charge in [0.1, 0.15) is 0 Å². The van der Waals surface area contributed by atoms with E-state index >= 15 is 0 Å². The molecule has 5 nitrogen and oxygen atoms in total. The van der Waals surface area contributed by atoms with Crippen LogP contribution >= 0.6 is 0 Å². The first-order valence-electron chi connectivity index (χ1n) is 4.60. The number of hydrogen-bond acceptors (Lipinski definition) is 3. The molecule has 5 heteroatoms. The fourth-order valence-electron chi connectivity index (χ4n) is 0.926. The van der Waals surface area contributed by atoms with Crippen LogP contribution in [0.4, 0.5) is 0 Å². The van der Waals surface area contributed by atoms with Gasteiger partial charge in [0.25, 0.3) is 0 Å². The monoisotopic (exact) mass is 203 g/mol. The van der Waals surface area contributed by atoms with Gasteiger partial charge in [-0.15, -0.1) is 0 Å². The van der Waals surface area contributed by atoms with Crippen molar-refractivity contribution in [1.29, 1.82) is 0 Å². The van der Waals surface area contributed by atoms with Crippen molar-refractivity contribution in [3.8, 4) is 0 Å². The van der Waals surface area contributed by atoms with Gasteiger partial charge in [-0.3, -0.25) is 9.59 Å². The van der Waals surface area contributed by atoms with E-state index < -0.39 is 11.9 Å². The highest BCUT2D eigenvalue weighted by molar-refractivity contribution is 5.77. The number of carbonyl (C=O) groups excluding carboxylic acids is 1. The van der Waals surface area contributed by atoms with Crippen LogP contribution in [0.3, 0.4) is 0 Å². The third kappa shape index (κ3) is 5.53. The lowest BCUT2D eigenvalue weighted by Crippen LogP contribution is -2.33. The highest BCUT2D eigenvalue weighted by Crippen LogP contribution is 2.00.